The van der Waals surface area contributed by atoms with E-state index >= 15 is 0 Å². The zero-order chi connectivity index (χ0) is 14.4. The Balaban J connectivity index is 2.26. The van der Waals surface area contributed by atoms with Crippen molar-refractivity contribution in [2.24, 2.45) is 4.99 Å². The molecular weight excluding hydrogens is 247 g/mol. The summed E-state index contributed by atoms with van der Waals surface area (Å²) in [6, 6.07) is 0.109. The van der Waals surface area contributed by atoms with Crippen LogP contribution in [-0.4, -0.2) is 29.6 Å². The average Bonchev–Trinajstić information content (AvgIpc) is 2.65. The SMILES string of the molecule is CC1=CC(C)N=C1NC1=C(C)CC(C)(C)N1B(F)F. The molecule has 0 spiro atoms. The molecule has 0 aliphatic carbocycles. The topological polar surface area (TPSA) is 27.6 Å². The van der Waals surface area contributed by atoms with Gasteiger partial charge in [0.1, 0.15) is 5.84 Å². The van der Waals surface area contributed by atoms with Crippen molar-refractivity contribution in [2.45, 2.75) is 52.6 Å². The molecule has 0 saturated carbocycles. The Bertz CT molecular complexity index is 480. The first-order chi connectivity index (χ1) is 8.72. The van der Waals surface area contributed by atoms with Crippen LogP contribution in [0.1, 0.15) is 41.0 Å². The van der Waals surface area contributed by atoms with Gasteiger partial charge in [-0.15, -0.1) is 0 Å². The number of halogens is 2. The number of nitrogens with zero attached hydrogens (tertiary/aromatic N) is 2. The van der Waals surface area contributed by atoms with Crippen LogP contribution in [0.15, 0.2) is 28.0 Å². The Hall–Kier alpha value is -1.33. The van der Waals surface area contributed by atoms with Crippen LogP contribution in [0.5, 0.6) is 0 Å². The van der Waals surface area contributed by atoms with Gasteiger partial charge in [0.15, 0.2) is 0 Å². The quantitative estimate of drug-likeness (QED) is 0.779. The van der Waals surface area contributed by atoms with Crippen molar-refractivity contribution in [3.63, 3.8) is 0 Å². The van der Waals surface area contributed by atoms with Gasteiger partial charge in [0.25, 0.3) is 0 Å². The maximum Gasteiger partial charge on any atom is 0.674 e. The molecule has 19 heavy (non-hydrogen) atoms. The summed E-state index contributed by atoms with van der Waals surface area (Å²) < 4.78 is 26.6. The zero-order valence-electron chi connectivity index (χ0n) is 12.1. The lowest BCUT2D eigenvalue weighted by molar-refractivity contribution is 0.260. The van der Waals surface area contributed by atoms with Gasteiger partial charge in [-0.1, -0.05) is 6.08 Å². The second-order valence-electron chi connectivity index (χ2n) is 5.96. The Morgan fingerprint density at radius 2 is 2.05 bits per heavy atom. The van der Waals surface area contributed by atoms with Crippen molar-refractivity contribution in [3.05, 3.63) is 23.0 Å². The highest BCUT2D eigenvalue weighted by Crippen LogP contribution is 2.37. The third-order valence-corrected chi connectivity index (χ3v) is 3.62. The molecule has 1 N–H and O–H groups in total. The van der Waals surface area contributed by atoms with Gasteiger partial charge in [0, 0.05) is 5.54 Å². The van der Waals surface area contributed by atoms with Gasteiger partial charge < -0.3 is 10.1 Å². The molecule has 0 radical (unpaired) electrons. The molecule has 2 aliphatic rings. The predicted octanol–water partition coefficient (Wildman–Crippen LogP) is 2.96. The second-order valence-corrected chi connectivity index (χ2v) is 5.96. The number of hydrogen-bond donors (Lipinski definition) is 1. The minimum atomic E-state index is -2.52. The average molecular weight is 267 g/mol. The van der Waals surface area contributed by atoms with E-state index in [-0.39, 0.29) is 6.04 Å². The van der Waals surface area contributed by atoms with E-state index in [9.17, 15) is 8.63 Å². The van der Waals surface area contributed by atoms with Crippen molar-refractivity contribution in [1.29, 1.82) is 0 Å². The Labute approximate surface area is 113 Å². The number of hydrogen-bond acceptors (Lipinski definition) is 3. The Kier molecular flexibility index (Phi) is 3.45. The molecule has 0 aromatic carbocycles. The van der Waals surface area contributed by atoms with E-state index in [1.807, 2.05) is 40.7 Å². The van der Waals surface area contributed by atoms with E-state index in [2.05, 4.69) is 10.3 Å². The van der Waals surface area contributed by atoms with E-state index < -0.39 is 12.9 Å². The third kappa shape index (κ3) is 2.53. The van der Waals surface area contributed by atoms with Crippen molar-refractivity contribution in [1.82, 2.24) is 10.1 Å². The monoisotopic (exact) mass is 267 g/mol. The number of aliphatic imine (C=N–C) groups is 1. The smallest absolute Gasteiger partial charge is 0.338 e. The molecule has 2 aliphatic heterocycles. The summed E-state index contributed by atoms with van der Waals surface area (Å²) in [6.07, 6.45) is 2.65. The summed E-state index contributed by atoms with van der Waals surface area (Å²) in [5, 5.41) is 3.10. The fraction of sp³-hybridized carbons (Fsp3) is 0.615. The normalized spacial score (nSPS) is 25.6. The molecule has 1 unspecified atom stereocenters. The first-order valence-corrected chi connectivity index (χ1v) is 6.53. The molecule has 0 aromatic heterocycles. The number of amidine groups is 1. The molecule has 104 valence electrons. The molecule has 0 bridgehead atoms. The van der Waals surface area contributed by atoms with Crippen LogP contribution in [0.4, 0.5) is 8.63 Å². The number of rotatable bonds is 2. The lowest BCUT2D eigenvalue weighted by atomic mass is 9.94. The maximum atomic E-state index is 13.3. The first kappa shape index (κ1) is 14.1. The van der Waals surface area contributed by atoms with Gasteiger partial charge in [0.2, 0.25) is 0 Å². The van der Waals surface area contributed by atoms with E-state index in [1.165, 1.54) is 0 Å². The van der Waals surface area contributed by atoms with Crippen LogP contribution in [0.2, 0.25) is 0 Å². The molecule has 0 saturated heterocycles. The van der Waals surface area contributed by atoms with Crippen LogP contribution in [0, 0.1) is 0 Å². The molecule has 0 amide bonds. The minimum absolute atomic E-state index is 0.109. The van der Waals surface area contributed by atoms with Crippen LogP contribution in [-0.2, 0) is 0 Å². The molecule has 0 fully saturated rings. The highest BCUT2D eigenvalue weighted by Gasteiger charge is 2.45. The van der Waals surface area contributed by atoms with E-state index in [4.69, 9.17) is 0 Å². The van der Waals surface area contributed by atoms with Crippen LogP contribution in [0.25, 0.3) is 0 Å². The lowest BCUT2D eigenvalue weighted by Gasteiger charge is -2.34. The van der Waals surface area contributed by atoms with Gasteiger partial charge in [-0.2, -0.15) is 0 Å². The highest BCUT2D eigenvalue weighted by molar-refractivity contribution is 6.40. The summed E-state index contributed by atoms with van der Waals surface area (Å²) >= 11 is 0. The number of nitrogens with one attached hydrogen (secondary N) is 1. The molecule has 0 aromatic rings. The van der Waals surface area contributed by atoms with E-state index in [1.54, 1.807) is 0 Å². The third-order valence-electron chi connectivity index (χ3n) is 3.62. The fourth-order valence-electron chi connectivity index (χ4n) is 2.88. The molecule has 6 heteroatoms. The standard InChI is InChI=1S/C13H20BF2N3/c1-8-6-10(3)17-11(8)18-12-9(2)7-13(4,5)19(12)14(15)16/h6,10H,7H2,1-5H3,(H,17,18). The first-order valence-electron chi connectivity index (χ1n) is 6.53. The molecular formula is C13H20BF2N3. The summed E-state index contributed by atoms with van der Waals surface area (Å²) in [5.41, 5.74) is 1.38. The van der Waals surface area contributed by atoms with Crippen LogP contribution < -0.4 is 5.32 Å². The van der Waals surface area contributed by atoms with Crippen molar-refractivity contribution in [2.75, 3.05) is 0 Å². The van der Waals surface area contributed by atoms with Crippen molar-refractivity contribution < 1.29 is 8.63 Å². The summed E-state index contributed by atoms with van der Waals surface area (Å²) in [6.45, 7) is 9.48. The van der Waals surface area contributed by atoms with Crippen LogP contribution in [0.3, 0.4) is 0 Å². The Morgan fingerprint density at radius 3 is 2.53 bits per heavy atom. The van der Waals surface area contributed by atoms with Gasteiger partial charge >= 0.3 is 7.40 Å². The molecule has 2 heterocycles. The Morgan fingerprint density at radius 1 is 1.42 bits per heavy atom. The summed E-state index contributed by atoms with van der Waals surface area (Å²) in [5.74, 6) is 1.20. The minimum Gasteiger partial charge on any atom is -0.338 e. The van der Waals surface area contributed by atoms with E-state index in [0.29, 0.717) is 18.1 Å². The van der Waals surface area contributed by atoms with Crippen molar-refractivity contribution >= 4 is 13.2 Å². The fourth-order valence-corrected chi connectivity index (χ4v) is 2.88. The predicted molar refractivity (Wildman–Crippen MR) is 75.0 cm³/mol. The second kappa shape index (κ2) is 4.65. The van der Waals surface area contributed by atoms with Gasteiger partial charge in [-0.25, -0.2) is 0 Å². The van der Waals surface area contributed by atoms with E-state index in [0.717, 1.165) is 16.0 Å². The molecule has 2 rings (SSSR count). The summed E-state index contributed by atoms with van der Waals surface area (Å²) in [7, 11) is -2.52. The largest absolute Gasteiger partial charge is 0.674 e. The zero-order valence-corrected chi connectivity index (χ0v) is 12.1. The molecule has 1 atom stereocenters. The van der Waals surface area contributed by atoms with Crippen LogP contribution >= 0.6 is 0 Å². The highest BCUT2D eigenvalue weighted by atomic mass is 19.2. The maximum absolute atomic E-state index is 13.3. The van der Waals surface area contributed by atoms with Gasteiger partial charge in [-0.3, -0.25) is 13.6 Å². The van der Waals surface area contributed by atoms with Gasteiger partial charge in [0.05, 0.1) is 11.9 Å². The molecule has 3 nitrogen and oxygen atoms in total. The van der Waals surface area contributed by atoms with Gasteiger partial charge in [-0.05, 0) is 52.2 Å². The van der Waals surface area contributed by atoms with Crippen molar-refractivity contribution in [3.8, 4) is 0 Å². The lowest BCUT2D eigenvalue weighted by Crippen LogP contribution is -2.48. The summed E-state index contributed by atoms with van der Waals surface area (Å²) in [4.78, 5) is 5.57.